The molecule has 1 aliphatic rings. The van der Waals surface area contributed by atoms with Gasteiger partial charge >= 0.3 is 6.09 Å². The lowest BCUT2D eigenvalue weighted by molar-refractivity contribution is 0.0910. The predicted molar refractivity (Wildman–Crippen MR) is 79.1 cm³/mol. The Hall–Kier alpha value is -2.68. The molecule has 1 fully saturated rings. The van der Waals surface area contributed by atoms with E-state index < -0.39 is 18.1 Å². The number of carbonyl (C=O) groups is 2. The highest BCUT2D eigenvalue weighted by Crippen LogP contribution is 2.25. The van der Waals surface area contributed by atoms with Crippen LogP contribution >= 0.6 is 11.3 Å². The van der Waals surface area contributed by atoms with Crippen LogP contribution in [-0.4, -0.2) is 41.4 Å². The smallest absolute Gasteiger partial charge is 0.415 e. The lowest BCUT2D eigenvalue weighted by Gasteiger charge is -2.10. The van der Waals surface area contributed by atoms with E-state index >= 15 is 0 Å². The number of cyclic esters (lactones) is 1. The van der Waals surface area contributed by atoms with E-state index in [0.29, 0.717) is 6.54 Å². The van der Waals surface area contributed by atoms with Crippen LogP contribution in [0.3, 0.4) is 0 Å². The number of amides is 2. The van der Waals surface area contributed by atoms with Gasteiger partial charge in [0.05, 0.1) is 13.1 Å². The van der Waals surface area contributed by atoms with Crippen LogP contribution in [0.2, 0.25) is 0 Å². The summed E-state index contributed by atoms with van der Waals surface area (Å²) in [5.74, 6) is -0.443. The topological polar surface area (TPSA) is 104 Å². The lowest BCUT2D eigenvalue weighted by Crippen LogP contribution is -2.35. The van der Waals surface area contributed by atoms with Crippen molar-refractivity contribution < 1.29 is 14.3 Å². The van der Waals surface area contributed by atoms with Gasteiger partial charge in [-0.25, -0.2) is 9.89 Å². The summed E-state index contributed by atoms with van der Waals surface area (Å²) < 4.78 is 5.20. The SMILES string of the molecule is O=C(NCC1CN(c2cccs2)C(=O)O1)c1ccc(=O)[nH]n1. The van der Waals surface area contributed by atoms with E-state index in [-0.39, 0.29) is 17.8 Å². The molecule has 3 rings (SSSR count). The molecule has 22 heavy (non-hydrogen) atoms. The molecule has 9 heteroatoms. The number of rotatable bonds is 4. The molecule has 0 bridgehead atoms. The first kappa shape index (κ1) is 14.3. The van der Waals surface area contributed by atoms with Gasteiger partial charge in [0.15, 0.2) is 0 Å². The van der Waals surface area contributed by atoms with Gasteiger partial charge in [-0.15, -0.1) is 11.3 Å². The third kappa shape index (κ3) is 2.98. The van der Waals surface area contributed by atoms with Crippen molar-refractivity contribution in [3.8, 4) is 0 Å². The molecule has 1 unspecified atom stereocenters. The minimum atomic E-state index is -0.443. The quantitative estimate of drug-likeness (QED) is 0.858. The molecule has 0 spiro atoms. The summed E-state index contributed by atoms with van der Waals surface area (Å²) in [7, 11) is 0. The van der Waals surface area contributed by atoms with E-state index in [4.69, 9.17) is 4.74 Å². The second-order valence-electron chi connectivity index (χ2n) is 4.58. The average Bonchev–Trinajstić information content (AvgIpc) is 3.14. The van der Waals surface area contributed by atoms with Gasteiger partial charge in [-0.3, -0.25) is 14.5 Å². The maximum Gasteiger partial charge on any atom is 0.415 e. The zero-order chi connectivity index (χ0) is 15.5. The summed E-state index contributed by atoms with van der Waals surface area (Å²) in [5.41, 5.74) is -0.285. The summed E-state index contributed by atoms with van der Waals surface area (Å²) in [6.07, 6.45) is -0.856. The Morgan fingerprint density at radius 1 is 1.45 bits per heavy atom. The summed E-state index contributed by atoms with van der Waals surface area (Å²) in [6, 6.07) is 6.23. The van der Waals surface area contributed by atoms with Gasteiger partial charge in [0.1, 0.15) is 16.8 Å². The Morgan fingerprint density at radius 3 is 3.00 bits per heavy atom. The third-order valence-electron chi connectivity index (χ3n) is 3.05. The van der Waals surface area contributed by atoms with Crippen LogP contribution in [0, 0.1) is 0 Å². The van der Waals surface area contributed by atoms with Crippen molar-refractivity contribution in [1.29, 1.82) is 0 Å². The Morgan fingerprint density at radius 2 is 2.32 bits per heavy atom. The molecule has 1 atom stereocenters. The number of H-pyrrole nitrogens is 1. The van der Waals surface area contributed by atoms with Gasteiger partial charge in [0.2, 0.25) is 0 Å². The second-order valence-corrected chi connectivity index (χ2v) is 5.51. The van der Waals surface area contributed by atoms with Crippen LogP contribution in [0.1, 0.15) is 10.5 Å². The van der Waals surface area contributed by atoms with Crippen molar-refractivity contribution in [1.82, 2.24) is 15.5 Å². The van der Waals surface area contributed by atoms with Crippen molar-refractivity contribution in [2.45, 2.75) is 6.10 Å². The lowest BCUT2D eigenvalue weighted by atomic mass is 10.3. The van der Waals surface area contributed by atoms with Crippen LogP contribution in [0.5, 0.6) is 0 Å². The fourth-order valence-corrected chi connectivity index (χ4v) is 2.73. The molecule has 2 N–H and O–H groups in total. The molecule has 2 aromatic rings. The molecule has 1 saturated heterocycles. The molecule has 2 amide bonds. The number of aromatic amines is 1. The van der Waals surface area contributed by atoms with Crippen LogP contribution in [0.4, 0.5) is 9.80 Å². The number of ether oxygens (including phenoxy) is 1. The van der Waals surface area contributed by atoms with Gasteiger partial charge in [0, 0.05) is 6.07 Å². The minimum Gasteiger partial charge on any atom is -0.442 e. The first-order valence-electron chi connectivity index (χ1n) is 6.49. The third-order valence-corrected chi connectivity index (χ3v) is 3.94. The van der Waals surface area contributed by atoms with Gasteiger partial charge in [0.25, 0.3) is 11.5 Å². The maximum absolute atomic E-state index is 11.9. The number of carbonyl (C=O) groups excluding carboxylic acids is 2. The van der Waals surface area contributed by atoms with E-state index in [1.165, 1.54) is 28.4 Å². The first-order valence-corrected chi connectivity index (χ1v) is 7.37. The number of hydrogen-bond donors (Lipinski definition) is 2. The molecular weight excluding hydrogens is 308 g/mol. The molecule has 114 valence electrons. The number of nitrogens with one attached hydrogen (secondary N) is 2. The van der Waals surface area contributed by atoms with Crippen molar-refractivity contribution in [2.24, 2.45) is 0 Å². The Kier molecular flexibility index (Phi) is 3.88. The number of thiophene rings is 1. The van der Waals surface area contributed by atoms with Crippen molar-refractivity contribution in [3.63, 3.8) is 0 Å². The Bertz CT molecular complexity index is 722. The standard InChI is InChI=1S/C13H12N4O4S/c18-10-4-3-9(15-16-10)12(19)14-6-8-7-17(13(20)21-8)11-2-1-5-22-11/h1-5,8H,6-7H2,(H,14,19)(H,16,18). The minimum absolute atomic E-state index is 0.0963. The van der Waals surface area contributed by atoms with Crippen molar-refractivity contribution in [2.75, 3.05) is 18.0 Å². The largest absolute Gasteiger partial charge is 0.442 e. The highest BCUT2D eigenvalue weighted by Gasteiger charge is 2.33. The predicted octanol–water partition coefficient (Wildman–Crippen LogP) is 0.587. The van der Waals surface area contributed by atoms with Gasteiger partial charge in [-0.1, -0.05) is 0 Å². The highest BCUT2D eigenvalue weighted by atomic mass is 32.1. The van der Waals surface area contributed by atoms with Gasteiger partial charge in [-0.05, 0) is 23.6 Å². The monoisotopic (exact) mass is 320 g/mol. The molecule has 8 nitrogen and oxygen atoms in total. The number of aromatic nitrogens is 2. The number of hydrogen-bond acceptors (Lipinski definition) is 6. The Labute approximate surface area is 128 Å². The van der Waals surface area contributed by atoms with Crippen molar-refractivity contribution >= 4 is 28.3 Å². The first-order chi connectivity index (χ1) is 10.6. The summed E-state index contributed by atoms with van der Waals surface area (Å²) in [4.78, 5) is 36.0. The molecule has 0 saturated carbocycles. The van der Waals surface area contributed by atoms with Crippen LogP contribution < -0.4 is 15.8 Å². The Balaban J connectivity index is 1.56. The molecular formula is C13H12N4O4S. The molecule has 2 aromatic heterocycles. The van der Waals surface area contributed by atoms with Crippen LogP contribution in [0.15, 0.2) is 34.4 Å². The van der Waals surface area contributed by atoms with E-state index in [1.807, 2.05) is 17.5 Å². The molecule has 0 radical (unpaired) electrons. The normalized spacial score (nSPS) is 17.4. The van der Waals surface area contributed by atoms with Gasteiger partial charge < -0.3 is 10.1 Å². The van der Waals surface area contributed by atoms with E-state index in [1.54, 1.807) is 0 Å². The maximum atomic E-state index is 11.9. The summed E-state index contributed by atoms with van der Waals surface area (Å²) in [6.45, 7) is 0.548. The van der Waals surface area contributed by atoms with E-state index in [9.17, 15) is 14.4 Å². The van der Waals surface area contributed by atoms with Gasteiger partial charge in [-0.2, -0.15) is 5.10 Å². The zero-order valence-corrected chi connectivity index (χ0v) is 12.1. The van der Waals surface area contributed by atoms with Crippen LogP contribution in [-0.2, 0) is 4.74 Å². The highest BCUT2D eigenvalue weighted by molar-refractivity contribution is 7.14. The average molecular weight is 320 g/mol. The molecule has 3 heterocycles. The molecule has 0 aliphatic carbocycles. The van der Waals surface area contributed by atoms with E-state index in [0.717, 1.165) is 5.00 Å². The molecule has 0 aromatic carbocycles. The second kappa shape index (κ2) is 5.98. The molecule has 1 aliphatic heterocycles. The van der Waals surface area contributed by atoms with E-state index in [2.05, 4.69) is 15.5 Å². The number of nitrogens with zero attached hydrogens (tertiary/aromatic N) is 2. The summed E-state index contributed by atoms with van der Waals surface area (Å²) in [5, 5.41) is 11.1. The zero-order valence-electron chi connectivity index (χ0n) is 11.3. The van der Waals surface area contributed by atoms with Crippen LogP contribution in [0.25, 0.3) is 0 Å². The number of anilines is 1. The fourth-order valence-electron chi connectivity index (χ4n) is 2.00. The summed E-state index contributed by atoms with van der Waals surface area (Å²) >= 11 is 1.44. The fraction of sp³-hybridized carbons (Fsp3) is 0.231. The van der Waals surface area contributed by atoms with Crippen molar-refractivity contribution in [3.05, 3.63) is 45.7 Å².